The van der Waals surface area contributed by atoms with Crippen molar-refractivity contribution in [3.05, 3.63) is 53.6 Å². The van der Waals surface area contributed by atoms with E-state index in [1.165, 1.54) is 31.4 Å². The molecular formula is C14H12F2N2O2. The zero-order chi connectivity index (χ0) is 14.7. The van der Waals surface area contributed by atoms with Crippen LogP contribution in [0.4, 0.5) is 20.2 Å². The van der Waals surface area contributed by atoms with Gasteiger partial charge in [0.1, 0.15) is 5.82 Å². The molecule has 4 nitrogen and oxygen atoms in total. The second-order valence-electron chi connectivity index (χ2n) is 4.04. The molecule has 0 heterocycles. The predicted molar refractivity (Wildman–Crippen MR) is 71.7 cm³/mol. The van der Waals surface area contributed by atoms with Crippen molar-refractivity contribution in [2.24, 2.45) is 0 Å². The molecule has 0 atom stereocenters. The van der Waals surface area contributed by atoms with Crippen LogP contribution in [0.5, 0.6) is 5.75 Å². The van der Waals surface area contributed by atoms with Crippen LogP contribution in [-0.4, -0.2) is 13.0 Å². The summed E-state index contributed by atoms with van der Waals surface area (Å²) in [5.41, 5.74) is 5.74. The van der Waals surface area contributed by atoms with Crippen LogP contribution in [0.2, 0.25) is 0 Å². The highest BCUT2D eigenvalue weighted by Crippen LogP contribution is 2.22. The number of hydrogen-bond acceptors (Lipinski definition) is 3. The Morgan fingerprint density at radius 3 is 2.55 bits per heavy atom. The number of methoxy groups -OCH3 is 1. The molecule has 0 saturated heterocycles. The summed E-state index contributed by atoms with van der Waals surface area (Å²) in [6.45, 7) is 0. The summed E-state index contributed by atoms with van der Waals surface area (Å²) in [5, 5.41) is 2.51. The Hall–Kier alpha value is -2.63. The van der Waals surface area contributed by atoms with Crippen LogP contribution in [0, 0.1) is 11.6 Å². The molecule has 0 aliphatic heterocycles. The first kappa shape index (κ1) is 13.8. The van der Waals surface area contributed by atoms with E-state index in [0.717, 1.165) is 12.1 Å². The van der Waals surface area contributed by atoms with Gasteiger partial charge in [-0.1, -0.05) is 0 Å². The summed E-state index contributed by atoms with van der Waals surface area (Å²) >= 11 is 0. The highest BCUT2D eigenvalue weighted by atomic mass is 19.1. The van der Waals surface area contributed by atoms with Crippen LogP contribution in [0.1, 0.15) is 10.4 Å². The summed E-state index contributed by atoms with van der Waals surface area (Å²) in [5.74, 6) is -1.73. The molecule has 0 radical (unpaired) electrons. The van der Waals surface area contributed by atoms with Crippen molar-refractivity contribution < 1.29 is 18.3 Å². The number of nitrogens with one attached hydrogen (secondary N) is 1. The van der Waals surface area contributed by atoms with Crippen LogP contribution >= 0.6 is 0 Å². The summed E-state index contributed by atoms with van der Waals surface area (Å²) in [6.07, 6.45) is 0. The molecule has 0 aromatic heterocycles. The fourth-order valence-electron chi connectivity index (χ4n) is 1.61. The fourth-order valence-corrected chi connectivity index (χ4v) is 1.61. The molecule has 20 heavy (non-hydrogen) atoms. The number of halogens is 2. The maximum atomic E-state index is 13.3. The Labute approximate surface area is 114 Å². The normalized spacial score (nSPS) is 10.2. The van der Waals surface area contributed by atoms with Gasteiger partial charge in [0.05, 0.1) is 12.8 Å². The average Bonchev–Trinajstić information content (AvgIpc) is 2.43. The third-order valence-corrected chi connectivity index (χ3v) is 2.67. The van der Waals surface area contributed by atoms with Crippen molar-refractivity contribution in [1.82, 2.24) is 0 Å². The summed E-state index contributed by atoms with van der Waals surface area (Å²) in [4.78, 5) is 11.9. The van der Waals surface area contributed by atoms with Crippen LogP contribution in [0.3, 0.4) is 0 Å². The Balaban J connectivity index is 2.21. The predicted octanol–water partition coefficient (Wildman–Crippen LogP) is 2.81. The largest absolute Gasteiger partial charge is 0.494 e. The van der Waals surface area contributed by atoms with Gasteiger partial charge in [0, 0.05) is 17.3 Å². The topological polar surface area (TPSA) is 64.3 Å². The van der Waals surface area contributed by atoms with Gasteiger partial charge in [0.25, 0.3) is 5.91 Å². The van der Waals surface area contributed by atoms with E-state index >= 15 is 0 Å². The smallest absolute Gasteiger partial charge is 0.255 e. The van der Waals surface area contributed by atoms with E-state index in [9.17, 15) is 13.6 Å². The first-order valence-corrected chi connectivity index (χ1v) is 5.71. The minimum atomic E-state index is -0.672. The molecule has 0 aliphatic carbocycles. The van der Waals surface area contributed by atoms with Crippen molar-refractivity contribution in [2.45, 2.75) is 0 Å². The Kier molecular flexibility index (Phi) is 3.84. The van der Waals surface area contributed by atoms with Gasteiger partial charge in [0.15, 0.2) is 11.6 Å². The molecule has 2 aromatic rings. The first-order valence-electron chi connectivity index (χ1n) is 5.71. The van der Waals surface area contributed by atoms with E-state index < -0.39 is 17.5 Å². The zero-order valence-corrected chi connectivity index (χ0v) is 10.6. The van der Waals surface area contributed by atoms with E-state index in [0.29, 0.717) is 5.69 Å². The van der Waals surface area contributed by atoms with Gasteiger partial charge in [-0.25, -0.2) is 8.78 Å². The standard InChI is InChI=1S/C14H12F2N2O2/c1-20-13-7-9(3-4-10(13)15)18-14(19)8-2-5-12(17)11(16)6-8/h2-7H,17H2,1H3,(H,18,19). The lowest BCUT2D eigenvalue weighted by molar-refractivity contribution is 0.102. The van der Waals surface area contributed by atoms with Crippen LogP contribution in [0.15, 0.2) is 36.4 Å². The second kappa shape index (κ2) is 5.56. The number of benzene rings is 2. The second-order valence-corrected chi connectivity index (χ2v) is 4.04. The Morgan fingerprint density at radius 1 is 1.15 bits per heavy atom. The van der Waals surface area contributed by atoms with Crippen LogP contribution in [0.25, 0.3) is 0 Å². The molecule has 0 spiro atoms. The Bertz CT molecular complexity index is 660. The number of nitrogens with two attached hydrogens (primary N) is 1. The van der Waals surface area contributed by atoms with Gasteiger partial charge < -0.3 is 15.8 Å². The van der Waals surface area contributed by atoms with Crippen molar-refractivity contribution >= 4 is 17.3 Å². The van der Waals surface area contributed by atoms with Crippen molar-refractivity contribution in [3.63, 3.8) is 0 Å². The minimum absolute atomic E-state index is 0.00582. The maximum Gasteiger partial charge on any atom is 0.255 e. The van der Waals surface area contributed by atoms with E-state index in [1.807, 2.05) is 0 Å². The van der Waals surface area contributed by atoms with Gasteiger partial charge in [-0.3, -0.25) is 4.79 Å². The molecule has 2 rings (SSSR count). The number of carbonyl (C=O) groups is 1. The van der Waals surface area contributed by atoms with Crippen molar-refractivity contribution in [2.75, 3.05) is 18.2 Å². The van der Waals surface area contributed by atoms with Gasteiger partial charge >= 0.3 is 0 Å². The van der Waals surface area contributed by atoms with Gasteiger partial charge in [-0.15, -0.1) is 0 Å². The molecule has 0 aliphatic rings. The summed E-state index contributed by atoms with van der Waals surface area (Å²) in [6, 6.07) is 7.61. The molecule has 0 unspecified atom stereocenters. The average molecular weight is 278 g/mol. The van der Waals surface area contributed by atoms with E-state index in [4.69, 9.17) is 10.5 Å². The molecule has 1 amide bonds. The van der Waals surface area contributed by atoms with E-state index in [2.05, 4.69) is 5.32 Å². The summed E-state index contributed by atoms with van der Waals surface area (Å²) in [7, 11) is 1.32. The van der Waals surface area contributed by atoms with Crippen molar-refractivity contribution in [1.29, 1.82) is 0 Å². The molecule has 3 N–H and O–H groups in total. The highest BCUT2D eigenvalue weighted by molar-refractivity contribution is 6.04. The third kappa shape index (κ3) is 2.85. The monoisotopic (exact) mass is 278 g/mol. The lowest BCUT2D eigenvalue weighted by Crippen LogP contribution is -2.12. The van der Waals surface area contributed by atoms with Crippen LogP contribution < -0.4 is 15.8 Å². The van der Waals surface area contributed by atoms with Crippen molar-refractivity contribution in [3.8, 4) is 5.75 Å². The fraction of sp³-hybridized carbons (Fsp3) is 0.0714. The molecule has 6 heteroatoms. The highest BCUT2D eigenvalue weighted by Gasteiger charge is 2.10. The molecule has 0 bridgehead atoms. The molecule has 2 aromatic carbocycles. The zero-order valence-electron chi connectivity index (χ0n) is 10.6. The number of nitrogen functional groups attached to an aromatic ring is 1. The lowest BCUT2D eigenvalue weighted by atomic mass is 10.2. The molecule has 104 valence electrons. The Morgan fingerprint density at radius 2 is 1.90 bits per heavy atom. The number of rotatable bonds is 3. The van der Waals surface area contributed by atoms with Crippen LogP contribution in [-0.2, 0) is 0 Å². The number of hydrogen-bond donors (Lipinski definition) is 2. The number of anilines is 2. The van der Waals surface area contributed by atoms with E-state index in [-0.39, 0.29) is 17.0 Å². The molecule has 0 saturated carbocycles. The molecular weight excluding hydrogens is 266 g/mol. The third-order valence-electron chi connectivity index (χ3n) is 2.67. The maximum absolute atomic E-state index is 13.3. The number of amides is 1. The van der Waals surface area contributed by atoms with Gasteiger partial charge in [-0.2, -0.15) is 0 Å². The molecule has 0 fully saturated rings. The minimum Gasteiger partial charge on any atom is -0.494 e. The lowest BCUT2D eigenvalue weighted by Gasteiger charge is -2.08. The number of ether oxygens (including phenoxy) is 1. The SMILES string of the molecule is COc1cc(NC(=O)c2ccc(N)c(F)c2)ccc1F. The quantitative estimate of drug-likeness (QED) is 0.848. The first-order chi connectivity index (χ1) is 9.51. The van der Waals surface area contributed by atoms with Gasteiger partial charge in [-0.05, 0) is 30.3 Å². The van der Waals surface area contributed by atoms with Gasteiger partial charge in [0.2, 0.25) is 0 Å². The van der Waals surface area contributed by atoms with E-state index in [1.54, 1.807) is 0 Å². The summed E-state index contributed by atoms with van der Waals surface area (Å²) < 4.78 is 31.3. The number of carbonyl (C=O) groups excluding carboxylic acids is 1.